The Morgan fingerprint density at radius 1 is 1.20 bits per heavy atom. The van der Waals surface area contributed by atoms with Gasteiger partial charge in [-0.3, -0.25) is 0 Å². The summed E-state index contributed by atoms with van der Waals surface area (Å²) in [5.74, 6) is 0. The molecule has 15 heavy (non-hydrogen) atoms. The minimum atomic E-state index is 0.833. The summed E-state index contributed by atoms with van der Waals surface area (Å²) >= 11 is 1.69. The Bertz CT molecular complexity index is 208. The van der Waals surface area contributed by atoms with Gasteiger partial charge in [0.15, 0.2) is 5.13 Å². The molecule has 1 saturated heterocycles. The summed E-state index contributed by atoms with van der Waals surface area (Å²) in [7, 11) is 0. The fraction of sp³-hybridized carbons (Fsp3) is 0.727. The zero-order valence-electron chi connectivity index (χ0n) is 10.2. The van der Waals surface area contributed by atoms with E-state index in [9.17, 15) is 0 Å². The van der Waals surface area contributed by atoms with Crippen LogP contribution in [0.1, 0.15) is 27.7 Å². The van der Waals surface area contributed by atoms with Crippen LogP contribution < -0.4 is 4.90 Å². The van der Waals surface area contributed by atoms with E-state index in [1.807, 2.05) is 39.3 Å². The van der Waals surface area contributed by atoms with Crippen LogP contribution in [0.2, 0.25) is 0 Å². The largest absolute Gasteiger partial charge is 0.378 e. The topological polar surface area (TPSA) is 25.4 Å². The second-order valence-electron chi connectivity index (χ2n) is 2.41. The molecule has 0 N–H and O–H groups in total. The number of ether oxygens (including phenoxy) is 1. The fourth-order valence-corrected chi connectivity index (χ4v) is 1.82. The van der Waals surface area contributed by atoms with E-state index in [-0.39, 0.29) is 0 Å². The highest BCUT2D eigenvalue weighted by Gasteiger charge is 2.11. The Labute approximate surface area is 97.1 Å². The van der Waals surface area contributed by atoms with E-state index in [4.69, 9.17) is 4.74 Å². The standard InChI is InChI=1S/C7H10N2OS.2C2H6/c1-6-11-7(8-1)9-2-4-10-5-3-9;2*1-2/h1,6H,2-5H2;2*1-2H3. The molecule has 0 atom stereocenters. The molecule has 0 unspecified atom stereocenters. The van der Waals surface area contributed by atoms with Gasteiger partial charge in [-0.1, -0.05) is 27.7 Å². The second-order valence-corrected chi connectivity index (χ2v) is 3.29. The molecule has 0 saturated carbocycles. The molecule has 0 amide bonds. The Morgan fingerprint density at radius 2 is 1.80 bits per heavy atom. The van der Waals surface area contributed by atoms with Crippen molar-refractivity contribution in [3.8, 4) is 0 Å². The van der Waals surface area contributed by atoms with Crippen molar-refractivity contribution in [2.24, 2.45) is 0 Å². The first-order valence-corrected chi connectivity index (χ1v) is 6.57. The van der Waals surface area contributed by atoms with Crippen molar-refractivity contribution in [3.05, 3.63) is 11.6 Å². The quantitative estimate of drug-likeness (QED) is 0.741. The van der Waals surface area contributed by atoms with Gasteiger partial charge < -0.3 is 9.64 Å². The highest BCUT2D eigenvalue weighted by molar-refractivity contribution is 7.13. The summed E-state index contributed by atoms with van der Waals surface area (Å²) in [4.78, 5) is 6.49. The van der Waals surface area contributed by atoms with Crippen molar-refractivity contribution in [1.29, 1.82) is 0 Å². The van der Waals surface area contributed by atoms with Crippen LogP contribution in [0.3, 0.4) is 0 Å². The number of hydrogen-bond acceptors (Lipinski definition) is 4. The lowest BCUT2D eigenvalue weighted by Gasteiger charge is -2.25. The Morgan fingerprint density at radius 3 is 2.27 bits per heavy atom. The van der Waals surface area contributed by atoms with Crippen LogP contribution >= 0.6 is 11.3 Å². The summed E-state index contributed by atoms with van der Waals surface area (Å²) < 4.78 is 5.23. The van der Waals surface area contributed by atoms with Gasteiger partial charge in [-0.15, -0.1) is 11.3 Å². The smallest absolute Gasteiger partial charge is 0.185 e. The first kappa shape index (κ1) is 14.4. The summed E-state index contributed by atoms with van der Waals surface area (Å²) in [6.45, 7) is 11.6. The van der Waals surface area contributed by atoms with Crippen molar-refractivity contribution in [2.75, 3.05) is 31.2 Å². The van der Waals surface area contributed by atoms with Gasteiger partial charge in [0.1, 0.15) is 0 Å². The van der Waals surface area contributed by atoms with E-state index in [0.29, 0.717) is 0 Å². The molecule has 2 heterocycles. The molecule has 0 radical (unpaired) electrons. The van der Waals surface area contributed by atoms with Gasteiger partial charge in [-0.2, -0.15) is 0 Å². The molecule has 0 aromatic carbocycles. The van der Waals surface area contributed by atoms with Crippen LogP contribution in [0.4, 0.5) is 5.13 Å². The van der Waals surface area contributed by atoms with E-state index in [2.05, 4.69) is 9.88 Å². The number of rotatable bonds is 1. The summed E-state index contributed by atoms with van der Waals surface area (Å²) in [6.07, 6.45) is 1.84. The molecule has 88 valence electrons. The van der Waals surface area contributed by atoms with Crippen LogP contribution in [-0.2, 0) is 4.74 Å². The molecule has 0 spiro atoms. The highest BCUT2D eigenvalue weighted by Crippen LogP contribution is 2.17. The van der Waals surface area contributed by atoms with E-state index in [1.54, 1.807) is 11.3 Å². The zero-order valence-corrected chi connectivity index (χ0v) is 11.0. The predicted molar refractivity (Wildman–Crippen MR) is 67.8 cm³/mol. The lowest BCUT2D eigenvalue weighted by atomic mass is 10.5. The Hall–Kier alpha value is -0.610. The molecule has 4 heteroatoms. The molecule has 0 bridgehead atoms. The zero-order chi connectivity index (χ0) is 11.5. The molecule has 1 fully saturated rings. The molecule has 1 aliphatic rings. The van der Waals surface area contributed by atoms with Crippen LogP contribution in [0.25, 0.3) is 0 Å². The van der Waals surface area contributed by atoms with Gasteiger partial charge in [0, 0.05) is 24.7 Å². The number of hydrogen-bond donors (Lipinski definition) is 0. The van der Waals surface area contributed by atoms with Crippen molar-refractivity contribution in [3.63, 3.8) is 0 Å². The first-order chi connectivity index (χ1) is 7.47. The van der Waals surface area contributed by atoms with E-state index in [1.165, 1.54) is 0 Å². The van der Waals surface area contributed by atoms with Crippen molar-refractivity contribution in [2.45, 2.75) is 27.7 Å². The summed E-state index contributed by atoms with van der Waals surface area (Å²) in [6, 6.07) is 0. The molecule has 1 aromatic heterocycles. The number of aromatic nitrogens is 1. The third kappa shape index (κ3) is 5.14. The van der Waals surface area contributed by atoms with Crippen LogP contribution in [0, 0.1) is 0 Å². The van der Waals surface area contributed by atoms with Crippen LogP contribution in [0.5, 0.6) is 0 Å². The van der Waals surface area contributed by atoms with Gasteiger partial charge in [-0.05, 0) is 0 Å². The van der Waals surface area contributed by atoms with Crippen molar-refractivity contribution >= 4 is 16.5 Å². The maximum atomic E-state index is 5.23. The minimum absolute atomic E-state index is 0.833. The third-order valence-corrected chi connectivity index (χ3v) is 2.53. The molecular formula is C11H22N2OS. The Kier molecular flexibility index (Phi) is 9.52. The average Bonchev–Trinajstić information content (AvgIpc) is 2.89. The van der Waals surface area contributed by atoms with Crippen molar-refractivity contribution in [1.82, 2.24) is 4.98 Å². The molecule has 1 aliphatic heterocycles. The highest BCUT2D eigenvalue weighted by atomic mass is 32.1. The SMILES string of the molecule is CC.CC.c1csc(N2CCOCC2)n1. The maximum Gasteiger partial charge on any atom is 0.185 e. The minimum Gasteiger partial charge on any atom is -0.378 e. The number of thiazole rings is 1. The molecule has 2 rings (SSSR count). The van der Waals surface area contributed by atoms with Crippen LogP contribution in [-0.4, -0.2) is 31.3 Å². The van der Waals surface area contributed by atoms with E-state index >= 15 is 0 Å². The van der Waals surface area contributed by atoms with Gasteiger partial charge in [-0.25, -0.2) is 4.98 Å². The normalized spacial score (nSPS) is 14.5. The average molecular weight is 230 g/mol. The monoisotopic (exact) mass is 230 g/mol. The number of anilines is 1. The number of morpholine rings is 1. The Balaban J connectivity index is 0.000000442. The number of nitrogens with zero attached hydrogens (tertiary/aromatic N) is 2. The summed E-state index contributed by atoms with van der Waals surface area (Å²) in [5.41, 5.74) is 0. The van der Waals surface area contributed by atoms with Crippen LogP contribution in [0.15, 0.2) is 11.6 Å². The van der Waals surface area contributed by atoms with Gasteiger partial charge in [0.25, 0.3) is 0 Å². The summed E-state index contributed by atoms with van der Waals surface area (Å²) in [5, 5.41) is 3.12. The second kappa shape index (κ2) is 9.93. The first-order valence-electron chi connectivity index (χ1n) is 5.69. The molecule has 0 aliphatic carbocycles. The molecular weight excluding hydrogens is 208 g/mol. The van der Waals surface area contributed by atoms with Crippen molar-refractivity contribution < 1.29 is 4.74 Å². The van der Waals surface area contributed by atoms with Gasteiger partial charge >= 0.3 is 0 Å². The maximum absolute atomic E-state index is 5.23. The van der Waals surface area contributed by atoms with Gasteiger partial charge in [0.05, 0.1) is 13.2 Å². The third-order valence-electron chi connectivity index (χ3n) is 1.70. The van der Waals surface area contributed by atoms with Gasteiger partial charge in [0.2, 0.25) is 0 Å². The lowest BCUT2D eigenvalue weighted by molar-refractivity contribution is 0.122. The van der Waals surface area contributed by atoms with E-state index in [0.717, 1.165) is 31.4 Å². The van der Waals surface area contributed by atoms with E-state index < -0.39 is 0 Å². The lowest BCUT2D eigenvalue weighted by Crippen LogP contribution is -2.36. The molecule has 1 aromatic rings. The predicted octanol–water partition coefficient (Wildman–Crippen LogP) is 3.03. The molecule has 3 nitrogen and oxygen atoms in total. The fourth-order valence-electron chi connectivity index (χ4n) is 1.13.